The van der Waals surface area contributed by atoms with Gasteiger partial charge in [0.2, 0.25) is 0 Å². The topological polar surface area (TPSA) is 78.9 Å². The lowest BCUT2D eigenvalue weighted by Gasteiger charge is -2.22. The highest BCUT2D eigenvalue weighted by Crippen LogP contribution is 2.28. The van der Waals surface area contributed by atoms with Crippen LogP contribution in [-0.4, -0.2) is 42.2 Å². The average Bonchev–Trinajstić information content (AvgIpc) is 2.37. The number of benzene rings is 1. The van der Waals surface area contributed by atoms with E-state index in [0.29, 0.717) is 11.4 Å². The van der Waals surface area contributed by atoms with E-state index in [1.807, 2.05) is 0 Å². The molecule has 0 saturated carbocycles. The number of hydrogen-bond donors (Lipinski definition) is 2. The number of ether oxygens (including phenoxy) is 1. The molecule has 1 aromatic carbocycles. The summed E-state index contributed by atoms with van der Waals surface area (Å²) < 4.78 is 5.89. The van der Waals surface area contributed by atoms with Gasteiger partial charge in [-0.15, -0.1) is 0 Å². The lowest BCUT2D eigenvalue weighted by Crippen LogP contribution is -2.42. The second-order valence-electron chi connectivity index (χ2n) is 3.90. The fraction of sp³-hybridized carbons (Fsp3) is 0.333. The number of carbonyl (C=O) groups is 2. The number of nitrogens with zero attached hydrogens (tertiary/aromatic N) is 1. The van der Waals surface area contributed by atoms with Crippen LogP contribution in [0.3, 0.4) is 0 Å². The molecule has 1 aromatic rings. The van der Waals surface area contributed by atoms with Crippen molar-refractivity contribution in [2.24, 2.45) is 0 Å². The van der Waals surface area contributed by atoms with Crippen molar-refractivity contribution in [1.29, 1.82) is 0 Å². The molecule has 104 valence electrons. The first-order chi connectivity index (χ1) is 8.86. The Bertz CT molecular complexity index is 493. The smallest absolute Gasteiger partial charge is 0.326 e. The first kappa shape index (κ1) is 15.3. The average molecular weight is 331 g/mol. The predicted octanol–water partition coefficient (Wildman–Crippen LogP) is 2.39. The fourth-order valence-corrected chi connectivity index (χ4v) is 1.68. The molecule has 19 heavy (non-hydrogen) atoms. The van der Waals surface area contributed by atoms with Crippen LogP contribution in [0.15, 0.2) is 22.7 Å². The molecule has 0 bridgehead atoms. The first-order valence-corrected chi connectivity index (χ1v) is 6.26. The van der Waals surface area contributed by atoms with Crippen LogP contribution in [0.25, 0.3) is 0 Å². The van der Waals surface area contributed by atoms with Gasteiger partial charge in [0, 0.05) is 11.5 Å². The normalized spacial score (nSPS) is 11.6. The zero-order valence-corrected chi connectivity index (χ0v) is 12.4. The number of amides is 2. The highest BCUT2D eigenvalue weighted by Gasteiger charge is 2.22. The lowest BCUT2D eigenvalue weighted by atomic mass is 10.3. The van der Waals surface area contributed by atoms with Gasteiger partial charge in [0.15, 0.2) is 0 Å². The second-order valence-corrected chi connectivity index (χ2v) is 4.82. The monoisotopic (exact) mass is 330 g/mol. The highest BCUT2D eigenvalue weighted by atomic mass is 79.9. The van der Waals surface area contributed by atoms with Crippen LogP contribution >= 0.6 is 15.9 Å². The molecule has 0 aliphatic heterocycles. The van der Waals surface area contributed by atoms with Crippen LogP contribution in [0.1, 0.15) is 6.92 Å². The van der Waals surface area contributed by atoms with E-state index in [0.717, 1.165) is 9.37 Å². The zero-order valence-electron chi connectivity index (χ0n) is 10.8. The van der Waals surface area contributed by atoms with Crippen molar-refractivity contribution in [3.05, 3.63) is 22.7 Å². The maximum atomic E-state index is 11.9. The second kappa shape index (κ2) is 6.42. The predicted molar refractivity (Wildman–Crippen MR) is 74.6 cm³/mol. The molecule has 2 amide bonds. The Morgan fingerprint density at radius 3 is 2.63 bits per heavy atom. The minimum absolute atomic E-state index is 0.464. The Morgan fingerprint density at radius 1 is 1.47 bits per heavy atom. The van der Waals surface area contributed by atoms with Crippen LogP contribution in [0, 0.1) is 0 Å². The van der Waals surface area contributed by atoms with Gasteiger partial charge in [0.1, 0.15) is 11.8 Å². The van der Waals surface area contributed by atoms with E-state index in [1.165, 1.54) is 21.1 Å². The molecule has 1 rings (SSSR count). The largest absolute Gasteiger partial charge is 0.495 e. The van der Waals surface area contributed by atoms with E-state index in [1.54, 1.807) is 18.2 Å². The van der Waals surface area contributed by atoms with E-state index in [-0.39, 0.29) is 0 Å². The van der Waals surface area contributed by atoms with Gasteiger partial charge < -0.3 is 20.1 Å². The summed E-state index contributed by atoms with van der Waals surface area (Å²) in [4.78, 5) is 23.8. The number of carboxylic acids is 1. The summed E-state index contributed by atoms with van der Waals surface area (Å²) in [6, 6.07) is 3.71. The lowest BCUT2D eigenvalue weighted by molar-refractivity contribution is -0.141. The fourth-order valence-electron chi connectivity index (χ4n) is 1.32. The van der Waals surface area contributed by atoms with Gasteiger partial charge in [0.25, 0.3) is 0 Å². The third-order valence-electron chi connectivity index (χ3n) is 2.66. The van der Waals surface area contributed by atoms with Crippen molar-refractivity contribution >= 4 is 33.6 Å². The highest BCUT2D eigenvalue weighted by molar-refractivity contribution is 9.10. The van der Waals surface area contributed by atoms with Gasteiger partial charge >= 0.3 is 12.0 Å². The number of methoxy groups -OCH3 is 1. The van der Waals surface area contributed by atoms with Gasteiger partial charge in [-0.2, -0.15) is 0 Å². The van der Waals surface area contributed by atoms with Crippen LogP contribution < -0.4 is 10.1 Å². The Hall–Kier alpha value is -1.76. The number of carboxylic acid groups (broad SMARTS) is 1. The molecule has 2 N–H and O–H groups in total. The minimum Gasteiger partial charge on any atom is -0.495 e. The number of urea groups is 1. The number of anilines is 1. The van der Waals surface area contributed by atoms with Crippen LogP contribution in [0.5, 0.6) is 5.75 Å². The third-order valence-corrected chi connectivity index (χ3v) is 3.16. The summed E-state index contributed by atoms with van der Waals surface area (Å²) in [5, 5.41) is 11.5. The zero-order chi connectivity index (χ0) is 14.6. The molecule has 7 heteroatoms. The van der Waals surface area contributed by atoms with Crippen molar-refractivity contribution in [3.8, 4) is 5.75 Å². The molecule has 0 spiro atoms. The first-order valence-electron chi connectivity index (χ1n) is 5.47. The van der Waals surface area contributed by atoms with Gasteiger partial charge in [0.05, 0.1) is 12.8 Å². The summed E-state index contributed by atoms with van der Waals surface area (Å²) in [6.07, 6.45) is 0. The molecule has 0 aliphatic rings. The summed E-state index contributed by atoms with van der Waals surface area (Å²) >= 11 is 3.29. The Kier molecular flexibility index (Phi) is 5.17. The minimum atomic E-state index is -1.07. The maximum Gasteiger partial charge on any atom is 0.326 e. The van der Waals surface area contributed by atoms with Crippen LogP contribution in [0.2, 0.25) is 0 Å². The van der Waals surface area contributed by atoms with Crippen LogP contribution in [-0.2, 0) is 4.79 Å². The summed E-state index contributed by atoms with van der Waals surface area (Å²) in [5.41, 5.74) is 0.464. The van der Waals surface area contributed by atoms with E-state index in [9.17, 15) is 9.59 Å². The number of carbonyl (C=O) groups excluding carboxylic acids is 1. The third kappa shape index (κ3) is 3.85. The van der Waals surface area contributed by atoms with Crippen molar-refractivity contribution in [2.45, 2.75) is 13.0 Å². The van der Waals surface area contributed by atoms with Crippen molar-refractivity contribution in [1.82, 2.24) is 4.90 Å². The molecule has 6 nitrogen and oxygen atoms in total. The molecule has 0 saturated heterocycles. The van der Waals surface area contributed by atoms with Crippen molar-refractivity contribution in [3.63, 3.8) is 0 Å². The SMILES string of the molecule is COc1ccc(Br)cc1NC(=O)N(C)C(C)C(=O)O. The van der Waals surface area contributed by atoms with Gasteiger partial charge in [-0.25, -0.2) is 9.59 Å². The summed E-state index contributed by atoms with van der Waals surface area (Å²) in [6.45, 7) is 1.43. The number of rotatable bonds is 4. The van der Waals surface area contributed by atoms with Crippen molar-refractivity contribution < 1.29 is 19.4 Å². The molecule has 0 fully saturated rings. The molecular formula is C12H15BrN2O4. The molecule has 1 unspecified atom stereocenters. The van der Waals surface area contributed by atoms with E-state index in [2.05, 4.69) is 21.2 Å². The number of aliphatic carboxylic acids is 1. The van der Waals surface area contributed by atoms with Crippen LogP contribution in [0.4, 0.5) is 10.5 Å². The van der Waals surface area contributed by atoms with E-state index < -0.39 is 18.0 Å². The maximum absolute atomic E-state index is 11.9. The Labute approximate surface area is 119 Å². The number of likely N-dealkylation sites (N-methyl/N-ethyl adjacent to an activating group) is 1. The standard InChI is InChI=1S/C12H15BrN2O4/c1-7(11(16)17)15(2)12(18)14-9-6-8(13)4-5-10(9)19-3/h4-7H,1-3H3,(H,14,18)(H,16,17). The molecule has 1 atom stereocenters. The molecule has 0 heterocycles. The quantitative estimate of drug-likeness (QED) is 0.888. The molecule has 0 radical (unpaired) electrons. The summed E-state index contributed by atoms with van der Waals surface area (Å²) in [5.74, 6) is -0.577. The van der Waals surface area contributed by atoms with Gasteiger partial charge in [-0.1, -0.05) is 15.9 Å². The molecule has 0 aromatic heterocycles. The Morgan fingerprint density at radius 2 is 2.11 bits per heavy atom. The number of halogens is 1. The summed E-state index contributed by atoms with van der Waals surface area (Å²) in [7, 11) is 2.90. The number of hydrogen-bond acceptors (Lipinski definition) is 3. The molecule has 0 aliphatic carbocycles. The van der Waals surface area contributed by atoms with Gasteiger partial charge in [-0.3, -0.25) is 0 Å². The van der Waals surface area contributed by atoms with E-state index >= 15 is 0 Å². The number of nitrogens with one attached hydrogen (secondary N) is 1. The Balaban J connectivity index is 2.87. The van der Waals surface area contributed by atoms with Gasteiger partial charge in [-0.05, 0) is 25.1 Å². The van der Waals surface area contributed by atoms with Crippen molar-refractivity contribution in [2.75, 3.05) is 19.5 Å². The molecular weight excluding hydrogens is 316 g/mol. The van der Waals surface area contributed by atoms with E-state index in [4.69, 9.17) is 9.84 Å².